The van der Waals surface area contributed by atoms with Crippen LogP contribution in [0, 0.1) is 62.6 Å². The monoisotopic (exact) mass is 488 g/mol. The topological polar surface area (TPSA) is 54.4 Å². The molecule has 1 N–H and O–H groups in total. The molecular formula is C30H45ClO3. The number of rotatable bonds is 2. The molecule has 190 valence electrons. The fourth-order valence-electron chi connectivity index (χ4n) is 11.2. The van der Waals surface area contributed by atoms with E-state index in [0.29, 0.717) is 34.6 Å². The number of carbonyl (C=O) groups excluding carboxylic acids is 1. The van der Waals surface area contributed by atoms with Crippen LogP contribution in [0.15, 0.2) is 11.1 Å². The summed E-state index contributed by atoms with van der Waals surface area (Å²) >= 11 is 6.64. The van der Waals surface area contributed by atoms with Gasteiger partial charge in [0.1, 0.15) is 0 Å². The maximum absolute atomic E-state index is 13.0. The molecule has 0 aromatic rings. The van der Waals surface area contributed by atoms with Gasteiger partial charge in [-0.3, -0.25) is 9.59 Å². The molecule has 0 unspecified atom stereocenters. The molecular weight excluding hydrogens is 444 g/mol. The molecule has 5 aliphatic rings. The summed E-state index contributed by atoms with van der Waals surface area (Å²) in [6, 6.07) is 0. The van der Waals surface area contributed by atoms with Crippen LogP contribution in [0.3, 0.4) is 0 Å². The molecule has 9 atom stereocenters. The van der Waals surface area contributed by atoms with Crippen molar-refractivity contribution in [3.8, 4) is 0 Å². The van der Waals surface area contributed by atoms with Crippen LogP contribution in [0.4, 0.5) is 0 Å². The number of allylic oxidation sites excluding steroid dienone is 2. The highest BCUT2D eigenvalue weighted by Crippen LogP contribution is 2.77. The van der Waals surface area contributed by atoms with Crippen molar-refractivity contribution in [2.75, 3.05) is 0 Å². The summed E-state index contributed by atoms with van der Waals surface area (Å²) in [5.41, 5.74) is -0.800. The van der Waals surface area contributed by atoms with Gasteiger partial charge in [-0.25, -0.2) is 0 Å². The van der Waals surface area contributed by atoms with Gasteiger partial charge >= 0.3 is 5.97 Å². The first kappa shape index (κ1) is 24.8. The smallest absolute Gasteiger partial charge is 0.309 e. The molecule has 0 spiro atoms. The van der Waals surface area contributed by atoms with Crippen molar-refractivity contribution in [3.63, 3.8) is 0 Å². The van der Waals surface area contributed by atoms with Crippen LogP contribution >= 0.6 is 11.6 Å². The first-order chi connectivity index (χ1) is 15.7. The van der Waals surface area contributed by atoms with Gasteiger partial charge in [-0.05, 0) is 103 Å². The predicted octanol–water partition coefficient (Wildman–Crippen LogP) is 7.72. The average molecular weight is 489 g/mol. The summed E-state index contributed by atoms with van der Waals surface area (Å²) in [5.74, 6) is 2.14. The number of hydrogen-bond donors (Lipinski definition) is 1. The molecule has 0 radical (unpaired) electrons. The Labute approximate surface area is 211 Å². The van der Waals surface area contributed by atoms with Crippen LogP contribution in [0.5, 0.6) is 0 Å². The maximum Gasteiger partial charge on any atom is 0.309 e. The van der Waals surface area contributed by atoms with Gasteiger partial charge in [-0.15, -0.1) is 0 Å². The van der Waals surface area contributed by atoms with Gasteiger partial charge in [-0.2, -0.15) is 0 Å². The van der Waals surface area contributed by atoms with Crippen LogP contribution in [0.1, 0.15) is 99.8 Å². The van der Waals surface area contributed by atoms with Gasteiger partial charge in [0, 0.05) is 5.41 Å². The van der Waals surface area contributed by atoms with Gasteiger partial charge in [0.2, 0.25) is 0 Å². The van der Waals surface area contributed by atoms with E-state index in [9.17, 15) is 14.7 Å². The molecule has 0 amide bonds. The molecule has 0 aliphatic heterocycles. The van der Waals surface area contributed by atoms with Crippen molar-refractivity contribution in [2.24, 2.45) is 62.6 Å². The zero-order valence-electron chi connectivity index (χ0n) is 22.3. The first-order valence-corrected chi connectivity index (χ1v) is 14.2. The Morgan fingerprint density at radius 3 is 2.24 bits per heavy atom. The lowest BCUT2D eigenvalue weighted by Gasteiger charge is -2.71. The van der Waals surface area contributed by atoms with E-state index in [4.69, 9.17) is 11.6 Å². The Balaban J connectivity index is 1.60. The van der Waals surface area contributed by atoms with E-state index in [2.05, 4.69) is 54.5 Å². The lowest BCUT2D eigenvalue weighted by Crippen LogP contribution is -2.66. The van der Waals surface area contributed by atoms with E-state index in [0.717, 1.165) is 51.4 Å². The molecule has 5 rings (SSSR count). The highest BCUT2D eigenvalue weighted by Gasteiger charge is 2.72. The third-order valence-electron chi connectivity index (χ3n) is 13.1. The Kier molecular flexibility index (Phi) is 5.38. The predicted molar refractivity (Wildman–Crippen MR) is 136 cm³/mol. The molecule has 5 aliphatic carbocycles. The SMILES string of the molecule is CC(C)[C@@H]1CC[C@]2(C(=O)O)CC[C@]3(C)[C@H](CC[C@@H]4[C@@]5(C)C=C(Cl)C(=O)C(C)(C)[C@@H]5CC[C@]43C)[C@@H]12. The standard InChI is InChI=1S/C30H45ClO3/c1-17(2)18-10-13-30(25(33)34)15-14-28(6)19(23(18)30)8-9-22-27(5)16-20(31)24(32)26(3,4)21(27)11-12-29(22,28)7/h16-19,21-23H,8-15H2,1-7H3,(H,33,34)/t18-,19+,21-,22+,23+,27-,28+,29+,30-/m0/s1. The lowest BCUT2D eigenvalue weighted by atomic mass is 9.33. The second-order valence-corrected chi connectivity index (χ2v) is 14.9. The molecule has 3 nitrogen and oxygen atoms in total. The second-order valence-electron chi connectivity index (χ2n) is 14.5. The van der Waals surface area contributed by atoms with Crippen LogP contribution in [0.2, 0.25) is 0 Å². The van der Waals surface area contributed by atoms with Crippen LogP contribution in [-0.4, -0.2) is 16.9 Å². The van der Waals surface area contributed by atoms with E-state index >= 15 is 0 Å². The van der Waals surface area contributed by atoms with E-state index < -0.39 is 16.8 Å². The number of fused-ring (bicyclic) bond motifs is 7. The van der Waals surface area contributed by atoms with Crippen molar-refractivity contribution in [2.45, 2.75) is 99.8 Å². The van der Waals surface area contributed by atoms with E-state index in [1.807, 2.05) is 0 Å². The minimum absolute atomic E-state index is 0.0933. The van der Waals surface area contributed by atoms with Crippen molar-refractivity contribution >= 4 is 23.4 Å². The molecule has 0 heterocycles. The minimum atomic E-state index is -0.534. The molecule has 4 fully saturated rings. The molecule has 0 saturated heterocycles. The summed E-state index contributed by atoms with van der Waals surface area (Å²) in [6.07, 6.45) is 10.3. The third-order valence-corrected chi connectivity index (χ3v) is 13.3. The highest BCUT2D eigenvalue weighted by atomic mass is 35.5. The van der Waals surface area contributed by atoms with Crippen LogP contribution < -0.4 is 0 Å². The fourth-order valence-corrected chi connectivity index (χ4v) is 11.7. The Morgan fingerprint density at radius 1 is 0.941 bits per heavy atom. The normalized spacial score (nSPS) is 51.7. The number of aliphatic carboxylic acids is 1. The quantitative estimate of drug-likeness (QED) is 0.432. The number of hydrogen-bond acceptors (Lipinski definition) is 2. The zero-order valence-corrected chi connectivity index (χ0v) is 23.1. The van der Waals surface area contributed by atoms with E-state index in [1.165, 1.54) is 0 Å². The number of carboxylic acid groups (broad SMARTS) is 1. The Bertz CT molecular complexity index is 951. The molecule has 0 aromatic heterocycles. The summed E-state index contributed by atoms with van der Waals surface area (Å²) in [7, 11) is 0. The molecule has 34 heavy (non-hydrogen) atoms. The number of carboxylic acids is 1. The largest absolute Gasteiger partial charge is 0.481 e. The van der Waals surface area contributed by atoms with Crippen molar-refractivity contribution in [1.29, 1.82) is 0 Å². The Morgan fingerprint density at radius 2 is 1.62 bits per heavy atom. The minimum Gasteiger partial charge on any atom is -0.481 e. The fraction of sp³-hybridized carbons (Fsp3) is 0.867. The van der Waals surface area contributed by atoms with Gasteiger partial charge in [-0.1, -0.05) is 66.1 Å². The number of halogens is 1. The third kappa shape index (κ3) is 2.77. The van der Waals surface area contributed by atoms with Crippen LogP contribution in [-0.2, 0) is 9.59 Å². The average Bonchev–Trinajstić information content (AvgIpc) is 3.14. The summed E-state index contributed by atoms with van der Waals surface area (Å²) in [5, 5.41) is 11.0. The second kappa shape index (κ2) is 7.36. The molecule has 0 aromatic carbocycles. The van der Waals surface area contributed by atoms with Crippen molar-refractivity contribution in [1.82, 2.24) is 0 Å². The van der Waals surface area contributed by atoms with Gasteiger partial charge in [0.15, 0.2) is 5.78 Å². The summed E-state index contributed by atoms with van der Waals surface area (Å²) in [4.78, 5) is 25.8. The Hall–Kier alpha value is -0.830. The maximum atomic E-state index is 13.0. The molecule has 0 bridgehead atoms. The summed E-state index contributed by atoms with van der Waals surface area (Å²) in [6.45, 7) is 16.3. The van der Waals surface area contributed by atoms with Gasteiger partial charge in [0.25, 0.3) is 0 Å². The van der Waals surface area contributed by atoms with Crippen molar-refractivity contribution in [3.05, 3.63) is 11.1 Å². The van der Waals surface area contributed by atoms with Crippen molar-refractivity contribution < 1.29 is 14.7 Å². The number of Topliss-reactive ketones (excluding diaryl/α,β-unsaturated/α-hetero) is 1. The molecule has 4 saturated carbocycles. The number of carbonyl (C=O) groups is 2. The van der Waals surface area contributed by atoms with E-state index in [-0.39, 0.29) is 27.9 Å². The number of ketones is 1. The van der Waals surface area contributed by atoms with Gasteiger partial charge in [0.05, 0.1) is 10.4 Å². The lowest BCUT2D eigenvalue weighted by molar-refractivity contribution is -0.223. The highest BCUT2D eigenvalue weighted by molar-refractivity contribution is 6.43. The van der Waals surface area contributed by atoms with Crippen LogP contribution in [0.25, 0.3) is 0 Å². The first-order valence-electron chi connectivity index (χ1n) is 13.8. The molecule has 4 heteroatoms. The van der Waals surface area contributed by atoms with Gasteiger partial charge < -0.3 is 5.11 Å². The summed E-state index contributed by atoms with van der Waals surface area (Å²) < 4.78 is 0. The zero-order chi connectivity index (χ0) is 25.1. The van der Waals surface area contributed by atoms with E-state index in [1.54, 1.807) is 0 Å².